The molecule has 0 rings (SSSR count). The minimum atomic E-state index is -0.138. The van der Waals surface area contributed by atoms with Gasteiger partial charge in [-0.15, -0.1) is 0 Å². The van der Waals surface area contributed by atoms with E-state index in [0.717, 1.165) is 19.4 Å². The van der Waals surface area contributed by atoms with Crippen LogP contribution in [0, 0.1) is 0 Å². The Kier molecular flexibility index (Phi) is 42.7. The molecule has 0 aromatic carbocycles. The molecule has 0 saturated carbocycles. The first-order chi connectivity index (χ1) is 26.0. The number of carbonyl (C=O) groups excluding carboxylic acids is 1. The van der Waals surface area contributed by atoms with Crippen LogP contribution in [0.3, 0.4) is 0 Å². The maximum atomic E-state index is 11.7. The van der Waals surface area contributed by atoms with E-state index in [0.29, 0.717) is 185 Å². The third kappa shape index (κ3) is 48.9. The molecule has 0 radical (unpaired) electrons. The van der Waals surface area contributed by atoms with Gasteiger partial charge in [-0.25, -0.2) is 0 Å². The summed E-state index contributed by atoms with van der Waals surface area (Å²) >= 11 is 0. The first-order valence-electron chi connectivity index (χ1n) is 19.4. The van der Waals surface area contributed by atoms with Crippen LogP contribution in [0.4, 0.5) is 0 Å². The van der Waals surface area contributed by atoms with E-state index in [1.165, 1.54) is 0 Å². The van der Waals surface area contributed by atoms with Gasteiger partial charge in [0.05, 0.1) is 171 Å². The van der Waals surface area contributed by atoms with Crippen LogP contribution in [0.1, 0.15) is 47.0 Å². The van der Waals surface area contributed by atoms with E-state index in [4.69, 9.17) is 66.3 Å². The molecule has 16 nitrogen and oxygen atoms in total. The highest BCUT2D eigenvalue weighted by Gasteiger charge is 2.08. The maximum absolute atomic E-state index is 11.7. The van der Waals surface area contributed by atoms with E-state index in [1.54, 1.807) is 0 Å². The second-order valence-electron chi connectivity index (χ2n) is 12.4. The molecular formula is C37H75NO15. The van der Waals surface area contributed by atoms with Crippen LogP contribution in [0.5, 0.6) is 0 Å². The Labute approximate surface area is 319 Å². The Balaban J connectivity index is 3.10. The molecule has 1 N–H and O–H groups in total. The molecule has 0 aliphatic heterocycles. The average molecular weight is 774 g/mol. The van der Waals surface area contributed by atoms with Gasteiger partial charge in [-0.3, -0.25) is 4.79 Å². The Morgan fingerprint density at radius 2 is 0.642 bits per heavy atom. The summed E-state index contributed by atoms with van der Waals surface area (Å²) < 4.78 is 76.6. The zero-order chi connectivity index (χ0) is 38.6. The smallest absolute Gasteiger partial charge is 0.222 e. The lowest BCUT2D eigenvalue weighted by atomic mass is 10.2. The van der Waals surface area contributed by atoms with Crippen molar-refractivity contribution < 1.29 is 71.1 Å². The third-order valence-corrected chi connectivity index (χ3v) is 6.46. The van der Waals surface area contributed by atoms with Crippen LogP contribution in [0.15, 0.2) is 0 Å². The van der Waals surface area contributed by atoms with Crippen molar-refractivity contribution in [1.82, 2.24) is 5.32 Å². The molecule has 0 spiro atoms. The summed E-state index contributed by atoms with van der Waals surface area (Å²) in [5, 5.41) is 2.86. The van der Waals surface area contributed by atoms with Gasteiger partial charge in [-0.05, 0) is 33.6 Å². The minimum absolute atomic E-state index is 0.0128. The number of hydrogen-bond acceptors (Lipinski definition) is 15. The number of rotatable bonds is 45. The Hall–Kier alpha value is -1.09. The van der Waals surface area contributed by atoms with E-state index in [2.05, 4.69) is 12.2 Å². The van der Waals surface area contributed by atoms with Crippen LogP contribution in [0.2, 0.25) is 0 Å². The summed E-state index contributed by atoms with van der Waals surface area (Å²) in [6.07, 6.45) is 2.16. The van der Waals surface area contributed by atoms with Crippen LogP contribution in [0.25, 0.3) is 0 Å². The number of amides is 1. The van der Waals surface area contributed by atoms with Crippen LogP contribution in [-0.2, 0) is 71.1 Å². The SMILES string of the molecule is CCCOCCCNC(=O)CCOCCOCCOCCOCCOCCOCCOCCOCCOCCOCCOCCOCCOC(C)(C)C. The lowest BCUT2D eigenvalue weighted by Gasteiger charge is -2.19. The average Bonchev–Trinajstić information content (AvgIpc) is 3.13. The zero-order valence-corrected chi connectivity index (χ0v) is 33.5. The van der Waals surface area contributed by atoms with E-state index >= 15 is 0 Å². The lowest BCUT2D eigenvalue weighted by Crippen LogP contribution is -2.26. The van der Waals surface area contributed by atoms with E-state index in [-0.39, 0.29) is 11.5 Å². The summed E-state index contributed by atoms with van der Waals surface area (Å²) in [5.41, 5.74) is -0.138. The molecule has 0 aromatic heterocycles. The molecule has 0 heterocycles. The van der Waals surface area contributed by atoms with E-state index in [9.17, 15) is 4.79 Å². The largest absolute Gasteiger partial charge is 0.381 e. The second-order valence-corrected chi connectivity index (χ2v) is 12.4. The standard InChI is InChI=1S/C37H75NO15/c1-5-9-40-10-6-8-38-36(39)7-11-41-12-13-42-14-15-43-16-17-44-18-19-45-20-21-46-22-23-47-24-25-48-26-27-49-28-29-50-30-31-51-32-33-52-34-35-53-37(2,3)4/h5-35H2,1-4H3,(H,38,39). The van der Waals surface area contributed by atoms with Crippen molar-refractivity contribution in [3.8, 4) is 0 Å². The van der Waals surface area contributed by atoms with Crippen molar-refractivity contribution in [3.05, 3.63) is 0 Å². The topological polar surface area (TPSA) is 158 Å². The van der Waals surface area contributed by atoms with Crippen molar-refractivity contribution in [3.63, 3.8) is 0 Å². The highest BCUT2D eigenvalue weighted by Crippen LogP contribution is 2.05. The van der Waals surface area contributed by atoms with Gasteiger partial charge in [0, 0.05) is 26.2 Å². The fourth-order valence-electron chi connectivity index (χ4n) is 3.83. The van der Waals surface area contributed by atoms with E-state index in [1.807, 2.05) is 20.8 Å². The summed E-state index contributed by atoms with van der Waals surface area (Å²) in [6.45, 7) is 22.7. The third-order valence-electron chi connectivity index (χ3n) is 6.46. The normalized spacial score (nSPS) is 11.8. The molecule has 0 unspecified atom stereocenters. The molecule has 0 aliphatic carbocycles. The van der Waals surface area contributed by atoms with Gasteiger partial charge in [0.2, 0.25) is 5.91 Å². The van der Waals surface area contributed by atoms with Gasteiger partial charge in [-0.1, -0.05) is 6.92 Å². The predicted molar refractivity (Wildman–Crippen MR) is 199 cm³/mol. The molecule has 0 atom stereocenters. The fourth-order valence-corrected chi connectivity index (χ4v) is 3.83. The van der Waals surface area contributed by atoms with Crippen LogP contribution < -0.4 is 5.32 Å². The summed E-state index contributed by atoms with van der Waals surface area (Å²) in [6, 6.07) is 0. The first kappa shape index (κ1) is 51.9. The highest BCUT2D eigenvalue weighted by atomic mass is 16.6. The zero-order valence-electron chi connectivity index (χ0n) is 33.5. The first-order valence-corrected chi connectivity index (χ1v) is 19.4. The molecule has 0 bridgehead atoms. The van der Waals surface area contributed by atoms with Crippen LogP contribution in [-0.4, -0.2) is 196 Å². The number of nitrogens with one attached hydrogen (secondary N) is 1. The monoisotopic (exact) mass is 774 g/mol. The predicted octanol–water partition coefficient (Wildman–Crippen LogP) is 2.32. The molecule has 1 amide bonds. The molecule has 0 fully saturated rings. The maximum Gasteiger partial charge on any atom is 0.222 e. The fraction of sp³-hybridized carbons (Fsp3) is 0.973. The molecule has 0 aromatic rings. The summed E-state index contributed by atoms with van der Waals surface area (Å²) in [5.74, 6) is -0.0128. The van der Waals surface area contributed by atoms with Gasteiger partial charge in [0.1, 0.15) is 0 Å². The Bertz CT molecular complexity index is 718. The second kappa shape index (κ2) is 43.6. The van der Waals surface area contributed by atoms with Crippen molar-refractivity contribution in [2.24, 2.45) is 0 Å². The van der Waals surface area contributed by atoms with Crippen molar-refractivity contribution in [2.75, 3.05) is 185 Å². The Morgan fingerprint density at radius 1 is 0.377 bits per heavy atom. The van der Waals surface area contributed by atoms with Crippen molar-refractivity contribution >= 4 is 5.91 Å². The molecule has 53 heavy (non-hydrogen) atoms. The Morgan fingerprint density at radius 3 is 0.925 bits per heavy atom. The molecule has 318 valence electrons. The lowest BCUT2D eigenvalue weighted by molar-refractivity contribution is -0.122. The summed E-state index contributed by atoms with van der Waals surface area (Å²) in [4.78, 5) is 11.7. The number of ether oxygens (including phenoxy) is 14. The van der Waals surface area contributed by atoms with Gasteiger partial charge in [0.25, 0.3) is 0 Å². The van der Waals surface area contributed by atoms with Crippen LogP contribution >= 0.6 is 0 Å². The molecular weight excluding hydrogens is 698 g/mol. The highest BCUT2D eigenvalue weighted by molar-refractivity contribution is 5.75. The molecule has 0 saturated heterocycles. The van der Waals surface area contributed by atoms with Gasteiger partial charge < -0.3 is 71.6 Å². The quantitative estimate of drug-likeness (QED) is 0.0899. The van der Waals surface area contributed by atoms with Crippen molar-refractivity contribution in [2.45, 2.75) is 52.6 Å². The number of carbonyl (C=O) groups is 1. The number of hydrogen-bond donors (Lipinski definition) is 1. The summed E-state index contributed by atoms with van der Waals surface area (Å²) in [7, 11) is 0. The van der Waals surface area contributed by atoms with Gasteiger partial charge in [-0.2, -0.15) is 0 Å². The minimum Gasteiger partial charge on any atom is -0.381 e. The van der Waals surface area contributed by atoms with E-state index < -0.39 is 0 Å². The van der Waals surface area contributed by atoms with Gasteiger partial charge >= 0.3 is 0 Å². The van der Waals surface area contributed by atoms with Gasteiger partial charge in [0.15, 0.2) is 0 Å². The molecule has 0 aliphatic rings. The van der Waals surface area contributed by atoms with Crippen molar-refractivity contribution in [1.29, 1.82) is 0 Å². The molecule has 16 heteroatoms.